The predicted molar refractivity (Wildman–Crippen MR) is 134 cm³/mol. The minimum absolute atomic E-state index is 0.206. The Labute approximate surface area is 201 Å². The average molecular weight is 478 g/mol. The van der Waals surface area contributed by atoms with Gasteiger partial charge >= 0.3 is 5.97 Å². The van der Waals surface area contributed by atoms with Crippen molar-refractivity contribution in [3.05, 3.63) is 90.6 Å². The zero-order valence-electron chi connectivity index (χ0n) is 19.9. The largest absolute Gasteiger partial charge is 0.497 e. The number of esters is 1. The van der Waals surface area contributed by atoms with Crippen LogP contribution >= 0.6 is 11.3 Å². The molecule has 1 aliphatic heterocycles. The van der Waals surface area contributed by atoms with Gasteiger partial charge in [0.1, 0.15) is 5.75 Å². The van der Waals surface area contributed by atoms with Crippen LogP contribution in [0.25, 0.3) is 6.08 Å². The van der Waals surface area contributed by atoms with Gasteiger partial charge < -0.3 is 14.4 Å². The molecule has 0 unspecified atom stereocenters. The number of ether oxygens (including phenoxy) is 2. The number of rotatable bonds is 6. The normalized spacial score (nSPS) is 15.6. The summed E-state index contributed by atoms with van der Waals surface area (Å²) in [7, 11) is 5.53. The number of nitrogens with zero attached hydrogens (tertiary/aromatic N) is 3. The van der Waals surface area contributed by atoms with E-state index in [9.17, 15) is 9.59 Å². The van der Waals surface area contributed by atoms with Crippen LogP contribution in [0.5, 0.6) is 5.75 Å². The summed E-state index contributed by atoms with van der Waals surface area (Å²) >= 11 is 1.30. The number of methoxy groups -OCH3 is 1. The van der Waals surface area contributed by atoms with Gasteiger partial charge in [0.2, 0.25) is 0 Å². The van der Waals surface area contributed by atoms with E-state index in [0.717, 1.165) is 16.8 Å². The third-order valence-corrected chi connectivity index (χ3v) is 6.62. The second-order valence-corrected chi connectivity index (χ2v) is 9.07. The molecule has 0 spiro atoms. The van der Waals surface area contributed by atoms with E-state index in [1.807, 2.05) is 73.6 Å². The van der Waals surface area contributed by atoms with Crippen LogP contribution in [0, 0.1) is 0 Å². The van der Waals surface area contributed by atoms with E-state index in [4.69, 9.17) is 9.47 Å². The third kappa shape index (κ3) is 4.41. The SMILES string of the molecule is CCOC(=O)C1=C(C)N=c2s/c(=C\c3cccc(OC)c3)c(=O)n2[C@@H]1c1ccc(N(C)C)cc1. The number of anilines is 1. The molecule has 34 heavy (non-hydrogen) atoms. The van der Waals surface area contributed by atoms with Gasteiger partial charge in [-0.3, -0.25) is 9.36 Å². The zero-order chi connectivity index (χ0) is 24.4. The maximum atomic E-state index is 13.6. The summed E-state index contributed by atoms with van der Waals surface area (Å²) in [6.45, 7) is 3.78. The molecule has 0 saturated heterocycles. The van der Waals surface area contributed by atoms with Gasteiger partial charge in [0, 0.05) is 19.8 Å². The van der Waals surface area contributed by atoms with Crippen LogP contribution in [0.3, 0.4) is 0 Å². The molecule has 1 aromatic heterocycles. The summed E-state index contributed by atoms with van der Waals surface area (Å²) in [5, 5.41) is 0. The first kappa shape index (κ1) is 23.5. The van der Waals surface area contributed by atoms with E-state index in [0.29, 0.717) is 26.4 Å². The van der Waals surface area contributed by atoms with Crippen molar-refractivity contribution in [2.24, 2.45) is 4.99 Å². The minimum Gasteiger partial charge on any atom is -0.497 e. The highest BCUT2D eigenvalue weighted by atomic mass is 32.1. The third-order valence-electron chi connectivity index (χ3n) is 5.63. The molecule has 0 bridgehead atoms. The summed E-state index contributed by atoms with van der Waals surface area (Å²) in [6, 6.07) is 14.7. The van der Waals surface area contributed by atoms with Gasteiger partial charge in [0.15, 0.2) is 4.80 Å². The number of hydrogen-bond acceptors (Lipinski definition) is 7. The lowest BCUT2D eigenvalue weighted by molar-refractivity contribution is -0.139. The Morgan fingerprint density at radius 3 is 2.59 bits per heavy atom. The molecule has 176 valence electrons. The second kappa shape index (κ2) is 9.69. The van der Waals surface area contributed by atoms with Gasteiger partial charge in [-0.1, -0.05) is 35.6 Å². The Morgan fingerprint density at radius 2 is 1.94 bits per heavy atom. The molecule has 1 aliphatic rings. The number of aromatic nitrogens is 1. The first-order chi connectivity index (χ1) is 16.3. The van der Waals surface area contributed by atoms with Crippen LogP contribution < -0.4 is 24.5 Å². The molecule has 0 amide bonds. The molecule has 1 atom stereocenters. The summed E-state index contributed by atoms with van der Waals surface area (Å²) in [6.07, 6.45) is 1.82. The maximum absolute atomic E-state index is 13.6. The van der Waals surface area contributed by atoms with E-state index in [2.05, 4.69) is 4.99 Å². The molecule has 2 heterocycles. The molecular weight excluding hydrogens is 450 g/mol. The lowest BCUT2D eigenvalue weighted by Crippen LogP contribution is -2.39. The number of allylic oxidation sites excluding steroid dienone is 1. The van der Waals surface area contributed by atoms with Crippen molar-refractivity contribution in [3.63, 3.8) is 0 Å². The van der Waals surface area contributed by atoms with Crippen molar-refractivity contribution in [1.29, 1.82) is 0 Å². The molecule has 8 heteroatoms. The standard InChI is InChI=1S/C26H27N3O4S/c1-6-33-25(31)22-16(2)27-26-29(23(22)18-10-12-19(13-11-18)28(3)4)24(30)21(34-26)15-17-8-7-9-20(14-17)32-5/h7-15,23H,6H2,1-5H3/b21-15-/t23-/m1/s1. The highest BCUT2D eigenvalue weighted by Gasteiger charge is 2.33. The van der Waals surface area contributed by atoms with Crippen LogP contribution in [-0.2, 0) is 9.53 Å². The van der Waals surface area contributed by atoms with Gasteiger partial charge in [0.25, 0.3) is 5.56 Å². The molecule has 2 aromatic carbocycles. The van der Waals surface area contributed by atoms with E-state index >= 15 is 0 Å². The highest BCUT2D eigenvalue weighted by molar-refractivity contribution is 7.07. The van der Waals surface area contributed by atoms with Crippen molar-refractivity contribution in [3.8, 4) is 5.75 Å². The first-order valence-electron chi connectivity index (χ1n) is 10.9. The molecule has 4 rings (SSSR count). The second-order valence-electron chi connectivity index (χ2n) is 8.06. The van der Waals surface area contributed by atoms with Crippen molar-refractivity contribution < 1.29 is 14.3 Å². The van der Waals surface area contributed by atoms with Crippen molar-refractivity contribution >= 4 is 29.1 Å². The topological polar surface area (TPSA) is 73.1 Å². The number of hydrogen-bond donors (Lipinski definition) is 0. The molecular formula is C26H27N3O4S. The minimum atomic E-state index is -0.626. The van der Waals surface area contributed by atoms with Gasteiger partial charge in [-0.05, 0) is 55.3 Å². The monoisotopic (exact) mass is 477 g/mol. The molecule has 0 aliphatic carbocycles. The first-order valence-corrected chi connectivity index (χ1v) is 11.8. The molecule has 0 fully saturated rings. The number of fused-ring (bicyclic) bond motifs is 1. The highest BCUT2D eigenvalue weighted by Crippen LogP contribution is 2.31. The molecule has 0 saturated carbocycles. The van der Waals surface area contributed by atoms with Crippen LogP contribution in [0.1, 0.15) is 31.0 Å². The Balaban J connectivity index is 1.92. The van der Waals surface area contributed by atoms with Gasteiger partial charge in [-0.2, -0.15) is 0 Å². The smallest absolute Gasteiger partial charge is 0.338 e. The van der Waals surface area contributed by atoms with Crippen molar-refractivity contribution in [2.75, 3.05) is 32.7 Å². The Morgan fingerprint density at radius 1 is 1.21 bits per heavy atom. The van der Waals surface area contributed by atoms with E-state index in [-0.39, 0.29) is 12.2 Å². The molecule has 0 N–H and O–H groups in total. The van der Waals surface area contributed by atoms with Crippen molar-refractivity contribution in [2.45, 2.75) is 19.9 Å². The summed E-state index contributed by atoms with van der Waals surface area (Å²) in [4.78, 5) is 33.8. The van der Waals surface area contributed by atoms with Gasteiger partial charge in [0.05, 0.1) is 35.6 Å². The van der Waals surface area contributed by atoms with Crippen LogP contribution in [0.2, 0.25) is 0 Å². The molecule has 7 nitrogen and oxygen atoms in total. The molecule has 0 radical (unpaired) electrons. The van der Waals surface area contributed by atoms with Gasteiger partial charge in [-0.25, -0.2) is 9.79 Å². The number of carbonyl (C=O) groups excluding carboxylic acids is 1. The maximum Gasteiger partial charge on any atom is 0.338 e. The quantitative estimate of drug-likeness (QED) is 0.511. The fourth-order valence-corrected chi connectivity index (χ4v) is 4.99. The Kier molecular flexibility index (Phi) is 6.70. The summed E-state index contributed by atoms with van der Waals surface area (Å²) < 4.78 is 12.8. The van der Waals surface area contributed by atoms with E-state index in [1.165, 1.54) is 11.3 Å². The zero-order valence-corrected chi connectivity index (χ0v) is 20.7. The number of thiazole rings is 1. The fraction of sp³-hybridized carbons (Fsp3) is 0.269. The van der Waals surface area contributed by atoms with Crippen LogP contribution in [-0.4, -0.2) is 38.3 Å². The average Bonchev–Trinajstić information content (AvgIpc) is 3.12. The van der Waals surface area contributed by atoms with Crippen LogP contribution in [0.4, 0.5) is 5.69 Å². The van der Waals surface area contributed by atoms with E-state index in [1.54, 1.807) is 25.5 Å². The van der Waals surface area contributed by atoms with E-state index < -0.39 is 12.0 Å². The van der Waals surface area contributed by atoms with Crippen molar-refractivity contribution in [1.82, 2.24) is 4.57 Å². The predicted octanol–water partition coefficient (Wildman–Crippen LogP) is 2.87. The fourth-order valence-electron chi connectivity index (χ4n) is 3.94. The lowest BCUT2D eigenvalue weighted by Gasteiger charge is -2.25. The lowest BCUT2D eigenvalue weighted by atomic mass is 9.95. The number of benzene rings is 2. The number of carbonyl (C=O) groups is 1. The molecule has 3 aromatic rings. The Hall–Kier alpha value is -3.65. The summed E-state index contributed by atoms with van der Waals surface area (Å²) in [5.41, 5.74) is 3.40. The van der Waals surface area contributed by atoms with Gasteiger partial charge in [-0.15, -0.1) is 0 Å². The Bertz CT molecular complexity index is 1430. The van der Waals surface area contributed by atoms with Crippen LogP contribution in [0.15, 0.2) is 69.6 Å². The summed E-state index contributed by atoms with van der Waals surface area (Å²) in [5.74, 6) is 0.244.